The maximum absolute atomic E-state index is 12.0. The number of rotatable bonds is 4. The van der Waals surface area contributed by atoms with Crippen LogP contribution in [0.15, 0.2) is 24.3 Å². The summed E-state index contributed by atoms with van der Waals surface area (Å²) in [5.41, 5.74) is 0.786. The van der Waals surface area contributed by atoms with E-state index in [1.54, 1.807) is 18.2 Å². The number of amides is 1. The maximum Gasteiger partial charge on any atom is 0.352 e. The quantitative estimate of drug-likeness (QED) is 0.795. The molecule has 1 fully saturated rings. The molecule has 0 bridgehead atoms. The van der Waals surface area contributed by atoms with E-state index in [2.05, 4.69) is 10.3 Å². The summed E-state index contributed by atoms with van der Waals surface area (Å²) in [6.07, 6.45) is 1.45. The first-order chi connectivity index (χ1) is 9.54. The van der Waals surface area contributed by atoms with Crippen LogP contribution in [0.4, 0.5) is 5.69 Å². The Balaban J connectivity index is 1.85. The number of methoxy groups -OCH3 is 1. The number of fused-ring (bicyclic) bond motifs is 1. The van der Waals surface area contributed by atoms with Crippen molar-refractivity contribution in [3.05, 3.63) is 30.0 Å². The van der Waals surface area contributed by atoms with Crippen LogP contribution in [0.1, 0.15) is 23.3 Å². The summed E-state index contributed by atoms with van der Waals surface area (Å²) in [4.78, 5) is 25.7. The second-order valence-corrected chi connectivity index (χ2v) is 4.94. The van der Waals surface area contributed by atoms with Crippen molar-refractivity contribution in [2.75, 3.05) is 12.4 Å². The summed E-state index contributed by atoms with van der Waals surface area (Å²) < 4.78 is 5.21. The normalized spacial score (nSPS) is 16.1. The van der Waals surface area contributed by atoms with E-state index in [1.807, 2.05) is 0 Å². The van der Waals surface area contributed by atoms with Crippen LogP contribution in [-0.2, 0) is 9.53 Å². The summed E-state index contributed by atoms with van der Waals surface area (Å²) >= 11 is 0. The van der Waals surface area contributed by atoms with Gasteiger partial charge < -0.3 is 20.1 Å². The first-order valence-electron chi connectivity index (χ1n) is 6.27. The maximum atomic E-state index is 12.0. The molecule has 20 heavy (non-hydrogen) atoms. The molecule has 1 aliphatic rings. The third-order valence-electron chi connectivity index (χ3n) is 3.62. The van der Waals surface area contributed by atoms with Gasteiger partial charge in [0.25, 0.3) is 5.91 Å². The van der Waals surface area contributed by atoms with Crippen LogP contribution < -0.4 is 5.32 Å². The number of hydrogen-bond acceptors (Lipinski definition) is 3. The number of benzene rings is 1. The SMILES string of the molecule is COC1(C(=O)Nc2ccc3[nH]c(C(=O)O)cc3c2)CC1. The van der Waals surface area contributed by atoms with E-state index < -0.39 is 11.6 Å². The van der Waals surface area contributed by atoms with E-state index in [4.69, 9.17) is 9.84 Å². The molecule has 6 nitrogen and oxygen atoms in total. The highest BCUT2D eigenvalue weighted by atomic mass is 16.5. The fourth-order valence-electron chi connectivity index (χ4n) is 2.21. The zero-order valence-electron chi connectivity index (χ0n) is 10.9. The van der Waals surface area contributed by atoms with Gasteiger partial charge >= 0.3 is 5.97 Å². The fourth-order valence-corrected chi connectivity index (χ4v) is 2.21. The Kier molecular flexibility index (Phi) is 2.76. The van der Waals surface area contributed by atoms with Crippen LogP contribution in [-0.4, -0.2) is 34.7 Å². The minimum Gasteiger partial charge on any atom is -0.477 e. The Bertz CT molecular complexity index is 700. The van der Waals surface area contributed by atoms with Crippen LogP contribution in [0.2, 0.25) is 0 Å². The highest BCUT2D eigenvalue weighted by molar-refractivity contribution is 6.01. The van der Waals surface area contributed by atoms with Gasteiger partial charge in [0.15, 0.2) is 0 Å². The van der Waals surface area contributed by atoms with Crippen LogP contribution >= 0.6 is 0 Å². The molecule has 0 saturated heterocycles. The number of carboxylic acid groups (broad SMARTS) is 1. The topological polar surface area (TPSA) is 91.4 Å². The molecule has 0 unspecified atom stereocenters. The Morgan fingerprint density at radius 3 is 2.70 bits per heavy atom. The number of aromatic amines is 1. The molecule has 0 aliphatic heterocycles. The molecular formula is C14H14N2O4. The lowest BCUT2D eigenvalue weighted by Gasteiger charge is -2.13. The van der Waals surface area contributed by atoms with Crippen molar-refractivity contribution in [2.45, 2.75) is 18.4 Å². The van der Waals surface area contributed by atoms with Crippen molar-refractivity contribution in [2.24, 2.45) is 0 Å². The zero-order chi connectivity index (χ0) is 14.3. The molecular weight excluding hydrogens is 260 g/mol. The number of H-pyrrole nitrogens is 1. The number of carboxylic acids is 1. The molecule has 6 heteroatoms. The van der Waals surface area contributed by atoms with Gasteiger partial charge in [-0.15, -0.1) is 0 Å². The van der Waals surface area contributed by atoms with E-state index >= 15 is 0 Å². The predicted molar refractivity (Wildman–Crippen MR) is 72.9 cm³/mol. The second-order valence-electron chi connectivity index (χ2n) is 4.94. The van der Waals surface area contributed by atoms with Crippen LogP contribution in [0.25, 0.3) is 10.9 Å². The van der Waals surface area contributed by atoms with Crippen molar-refractivity contribution >= 4 is 28.5 Å². The van der Waals surface area contributed by atoms with Gasteiger partial charge in [0, 0.05) is 23.7 Å². The Hall–Kier alpha value is -2.34. The molecule has 1 saturated carbocycles. The first kappa shape index (κ1) is 12.7. The number of aromatic carboxylic acids is 1. The number of carbonyl (C=O) groups is 2. The Morgan fingerprint density at radius 2 is 2.10 bits per heavy atom. The average Bonchev–Trinajstić information content (AvgIpc) is 3.11. The van der Waals surface area contributed by atoms with Crippen LogP contribution in [0.5, 0.6) is 0 Å². The van der Waals surface area contributed by atoms with E-state index in [9.17, 15) is 9.59 Å². The van der Waals surface area contributed by atoms with E-state index in [1.165, 1.54) is 13.2 Å². The summed E-state index contributed by atoms with van der Waals surface area (Å²) in [7, 11) is 1.53. The Morgan fingerprint density at radius 1 is 1.35 bits per heavy atom. The fraction of sp³-hybridized carbons (Fsp3) is 0.286. The largest absolute Gasteiger partial charge is 0.477 e. The molecule has 0 radical (unpaired) electrons. The van der Waals surface area contributed by atoms with Crippen molar-refractivity contribution in [1.82, 2.24) is 4.98 Å². The van der Waals surface area contributed by atoms with E-state index in [0.29, 0.717) is 11.2 Å². The molecule has 0 atom stereocenters. The number of carbonyl (C=O) groups excluding carboxylic acids is 1. The van der Waals surface area contributed by atoms with Gasteiger partial charge in [0.1, 0.15) is 11.3 Å². The monoisotopic (exact) mass is 274 g/mol. The predicted octanol–water partition coefficient (Wildman–Crippen LogP) is 1.98. The summed E-state index contributed by atoms with van der Waals surface area (Å²) in [5.74, 6) is -1.17. The van der Waals surface area contributed by atoms with Gasteiger partial charge in [-0.25, -0.2) is 4.79 Å². The number of anilines is 1. The highest BCUT2D eigenvalue weighted by Crippen LogP contribution is 2.39. The molecule has 1 aromatic heterocycles. The number of hydrogen-bond donors (Lipinski definition) is 3. The van der Waals surface area contributed by atoms with Crippen LogP contribution in [0, 0.1) is 0 Å². The lowest BCUT2D eigenvalue weighted by Crippen LogP contribution is -2.31. The zero-order valence-corrected chi connectivity index (χ0v) is 10.9. The standard InChI is InChI=1S/C14H14N2O4/c1-20-14(4-5-14)13(19)15-9-2-3-10-8(6-9)7-11(16-10)12(17)18/h2-3,6-7,16H,4-5H2,1H3,(H,15,19)(H,17,18). The van der Waals surface area contributed by atoms with Gasteiger partial charge in [-0.2, -0.15) is 0 Å². The van der Waals surface area contributed by atoms with Gasteiger partial charge in [-0.05, 0) is 37.1 Å². The highest BCUT2D eigenvalue weighted by Gasteiger charge is 2.50. The van der Waals surface area contributed by atoms with E-state index in [-0.39, 0.29) is 11.6 Å². The number of nitrogens with one attached hydrogen (secondary N) is 2. The minimum atomic E-state index is -1.01. The van der Waals surface area contributed by atoms with Gasteiger partial charge in [-0.3, -0.25) is 4.79 Å². The third-order valence-corrected chi connectivity index (χ3v) is 3.62. The summed E-state index contributed by atoms with van der Waals surface area (Å²) in [6, 6.07) is 6.75. The number of ether oxygens (including phenoxy) is 1. The molecule has 1 amide bonds. The van der Waals surface area contributed by atoms with Crippen molar-refractivity contribution in [3.8, 4) is 0 Å². The molecule has 0 spiro atoms. The van der Waals surface area contributed by atoms with E-state index in [0.717, 1.165) is 18.2 Å². The molecule has 1 aliphatic carbocycles. The second kappa shape index (κ2) is 4.35. The summed E-state index contributed by atoms with van der Waals surface area (Å²) in [6.45, 7) is 0. The van der Waals surface area contributed by atoms with Crippen molar-refractivity contribution in [3.63, 3.8) is 0 Å². The smallest absolute Gasteiger partial charge is 0.352 e. The van der Waals surface area contributed by atoms with Gasteiger partial charge in [-0.1, -0.05) is 0 Å². The molecule has 3 rings (SSSR count). The van der Waals surface area contributed by atoms with Gasteiger partial charge in [0.2, 0.25) is 0 Å². The van der Waals surface area contributed by atoms with Crippen LogP contribution in [0.3, 0.4) is 0 Å². The molecule has 1 aromatic carbocycles. The third kappa shape index (κ3) is 2.04. The first-order valence-corrected chi connectivity index (χ1v) is 6.27. The lowest BCUT2D eigenvalue weighted by molar-refractivity contribution is -0.128. The minimum absolute atomic E-state index is 0.124. The molecule has 3 N–H and O–H groups in total. The summed E-state index contributed by atoms with van der Waals surface area (Å²) in [5, 5.41) is 12.5. The number of aromatic nitrogens is 1. The van der Waals surface area contributed by atoms with Gasteiger partial charge in [0.05, 0.1) is 0 Å². The molecule has 104 valence electrons. The molecule has 1 heterocycles. The molecule has 2 aromatic rings. The lowest BCUT2D eigenvalue weighted by atomic mass is 10.2. The van der Waals surface area contributed by atoms with Crippen molar-refractivity contribution in [1.29, 1.82) is 0 Å². The Labute approximate surface area is 114 Å². The average molecular weight is 274 g/mol. The van der Waals surface area contributed by atoms with Crippen molar-refractivity contribution < 1.29 is 19.4 Å².